The van der Waals surface area contributed by atoms with E-state index in [1.54, 1.807) is 25.4 Å². The third-order valence-electron chi connectivity index (χ3n) is 6.29. The topological polar surface area (TPSA) is 97.7 Å². The van der Waals surface area contributed by atoms with Crippen molar-refractivity contribution in [3.05, 3.63) is 96.6 Å². The zero-order valence-electron chi connectivity index (χ0n) is 21.0. The van der Waals surface area contributed by atoms with Crippen LogP contribution in [0.1, 0.15) is 23.5 Å². The molecule has 2 aromatic carbocycles. The van der Waals surface area contributed by atoms with E-state index in [0.717, 1.165) is 29.1 Å². The highest BCUT2D eigenvalue weighted by Crippen LogP contribution is 2.44. The predicted octanol–water partition coefficient (Wildman–Crippen LogP) is 4.44. The highest BCUT2D eigenvalue weighted by molar-refractivity contribution is 7.92. The lowest BCUT2D eigenvalue weighted by Crippen LogP contribution is -2.30. The summed E-state index contributed by atoms with van der Waals surface area (Å²) < 4.78 is 39.5. The molecule has 0 saturated carbocycles. The number of rotatable bonds is 8. The van der Waals surface area contributed by atoms with Crippen molar-refractivity contribution in [2.75, 3.05) is 30.1 Å². The maximum Gasteiger partial charge on any atom is 0.229 e. The zero-order chi connectivity index (χ0) is 26.9. The molecule has 9 nitrogen and oxygen atoms in total. The normalized spacial score (nSPS) is 17.2. The summed E-state index contributed by atoms with van der Waals surface area (Å²) in [5, 5.41) is 3.93. The molecule has 1 aliphatic rings. The number of hydrogen-bond acceptors (Lipinski definition) is 6. The molecule has 0 bridgehead atoms. The van der Waals surface area contributed by atoms with Crippen molar-refractivity contribution in [1.29, 1.82) is 0 Å². The van der Waals surface area contributed by atoms with Gasteiger partial charge in [0.05, 0.1) is 37.9 Å². The van der Waals surface area contributed by atoms with Crippen molar-refractivity contribution < 1.29 is 17.9 Å². The number of hydrogen-bond donors (Lipinski definition) is 2. The fraction of sp³-hybridized carbons (Fsp3) is 0.185. The first kappa shape index (κ1) is 25.6. The first-order valence-electron chi connectivity index (χ1n) is 11.8. The Morgan fingerprint density at radius 1 is 0.974 bits per heavy atom. The maximum absolute atomic E-state index is 12.1. The number of nitrogens with zero attached hydrogens (tertiary/aromatic N) is 3. The van der Waals surface area contributed by atoms with Crippen molar-refractivity contribution in [1.82, 2.24) is 14.9 Å². The molecule has 0 amide bonds. The summed E-state index contributed by atoms with van der Waals surface area (Å²) in [6, 6.07) is 22.3. The van der Waals surface area contributed by atoms with Gasteiger partial charge in [0.25, 0.3) is 0 Å². The van der Waals surface area contributed by atoms with Gasteiger partial charge < -0.3 is 24.3 Å². The predicted molar refractivity (Wildman–Crippen MR) is 152 cm³/mol. The first-order valence-corrected chi connectivity index (χ1v) is 14.1. The van der Waals surface area contributed by atoms with Gasteiger partial charge in [0.1, 0.15) is 17.5 Å². The molecule has 0 aliphatic carbocycles. The number of pyridine rings is 1. The average Bonchev–Trinajstić information content (AvgIpc) is 3.52. The van der Waals surface area contributed by atoms with Crippen LogP contribution >= 0.6 is 12.2 Å². The van der Waals surface area contributed by atoms with Gasteiger partial charge in [-0.1, -0.05) is 6.07 Å². The van der Waals surface area contributed by atoms with Crippen LogP contribution in [-0.2, 0) is 10.0 Å². The fourth-order valence-corrected chi connectivity index (χ4v) is 5.58. The van der Waals surface area contributed by atoms with Crippen LogP contribution in [0.4, 0.5) is 11.4 Å². The van der Waals surface area contributed by atoms with Gasteiger partial charge in [-0.3, -0.25) is 9.71 Å². The Balaban J connectivity index is 1.65. The maximum atomic E-state index is 12.1. The van der Waals surface area contributed by atoms with Gasteiger partial charge in [0, 0.05) is 29.5 Å². The lowest BCUT2D eigenvalue weighted by molar-refractivity contribution is 0.414. The summed E-state index contributed by atoms with van der Waals surface area (Å²) in [7, 11) is -0.414. The van der Waals surface area contributed by atoms with E-state index in [-0.39, 0.29) is 12.1 Å². The van der Waals surface area contributed by atoms with Gasteiger partial charge >= 0.3 is 0 Å². The van der Waals surface area contributed by atoms with E-state index >= 15 is 0 Å². The molecule has 2 N–H and O–H groups in total. The zero-order valence-corrected chi connectivity index (χ0v) is 22.7. The third-order valence-corrected chi connectivity index (χ3v) is 7.19. The number of sulfonamides is 1. The number of ether oxygens (including phenoxy) is 2. The second-order valence-electron chi connectivity index (χ2n) is 8.76. The lowest BCUT2D eigenvalue weighted by atomic mass is 10.0. The van der Waals surface area contributed by atoms with Gasteiger partial charge in [-0.15, -0.1) is 0 Å². The Labute approximate surface area is 227 Å². The summed E-state index contributed by atoms with van der Waals surface area (Å²) in [6.07, 6.45) is 4.85. The number of nitrogens with one attached hydrogen (secondary N) is 2. The summed E-state index contributed by atoms with van der Waals surface area (Å²) >= 11 is 5.85. The SMILES string of the molecule is COc1ccc(-n2cccc2[C@H]2[C@@H](c3ccccn3)NC(=S)N2c2ccc(OC)c(NS(C)(=O)=O)c2)cc1. The van der Waals surface area contributed by atoms with Crippen LogP contribution in [0.25, 0.3) is 5.69 Å². The van der Waals surface area contributed by atoms with Crippen molar-refractivity contribution in [3.8, 4) is 17.2 Å². The molecule has 1 saturated heterocycles. The van der Waals surface area contributed by atoms with E-state index in [1.165, 1.54) is 7.11 Å². The molecule has 2 atom stereocenters. The minimum atomic E-state index is -3.54. The lowest BCUT2D eigenvalue weighted by Gasteiger charge is -2.29. The Bertz CT molecular complexity index is 1560. The highest BCUT2D eigenvalue weighted by Gasteiger charge is 2.42. The van der Waals surface area contributed by atoms with Crippen molar-refractivity contribution in [2.24, 2.45) is 0 Å². The Morgan fingerprint density at radius 3 is 2.39 bits per heavy atom. The molecular formula is C27H27N5O4S2. The van der Waals surface area contributed by atoms with Gasteiger partial charge in [0.2, 0.25) is 10.0 Å². The smallest absolute Gasteiger partial charge is 0.229 e. The largest absolute Gasteiger partial charge is 0.497 e. The molecule has 1 fully saturated rings. The average molecular weight is 550 g/mol. The second-order valence-corrected chi connectivity index (χ2v) is 10.9. The van der Waals surface area contributed by atoms with E-state index in [9.17, 15) is 8.42 Å². The first-order chi connectivity index (χ1) is 18.3. The summed E-state index contributed by atoms with van der Waals surface area (Å²) in [5.74, 6) is 1.17. The van der Waals surface area contributed by atoms with Crippen LogP contribution in [0.5, 0.6) is 11.5 Å². The van der Waals surface area contributed by atoms with Crippen molar-refractivity contribution in [2.45, 2.75) is 12.1 Å². The standard InChI is InChI=1S/C27H27N5O4S2/c1-35-20-12-9-18(10-13-20)31-16-6-8-23(31)26-25(21-7-4-5-15-28-21)29-27(37)32(26)19-11-14-24(36-2)22(17-19)30-38(3,33)34/h4-17,25-26,30H,1-3H3,(H,29,37)/t25-,26+/m1/s1. The second kappa shape index (κ2) is 10.3. The summed E-state index contributed by atoms with van der Waals surface area (Å²) in [4.78, 5) is 6.60. The van der Waals surface area contributed by atoms with Crippen LogP contribution < -0.4 is 24.4 Å². The summed E-state index contributed by atoms with van der Waals surface area (Å²) in [5.41, 5.74) is 3.76. The molecule has 0 spiro atoms. The molecule has 11 heteroatoms. The fourth-order valence-electron chi connectivity index (χ4n) is 4.67. The Kier molecular flexibility index (Phi) is 6.96. The van der Waals surface area contributed by atoms with Crippen LogP contribution in [-0.4, -0.2) is 43.6 Å². The Hall–Kier alpha value is -4.09. The highest BCUT2D eigenvalue weighted by atomic mass is 32.2. The molecular weight excluding hydrogens is 522 g/mol. The number of thiocarbonyl (C=S) groups is 1. The van der Waals surface area contributed by atoms with Crippen LogP contribution in [0.15, 0.2) is 85.2 Å². The number of aromatic nitrogens is 2. The molecule has 0 unspecified atom stereocenters. The monoisotopic (exact) mass is 549 g/mol. The minimum Gasteiger partial charge on any atom is -0.497 e. The van der Waals surface area contributed by atoms with E-state index in [2.05, 4.69) is 19.6 Å². The quantitative estimate of drug-likeness (QED) is 0.312. The van der Waals surface area contributed by atoms with Gasteiger partial charge in [-0.2, -0.15) is 0 Å². The van der Waals surface area contributed by atoms with Crippen LogP contribution in [0.2, 0.25) is 0 Å². The van der Waals surface area contributed by atoms with Crippen molar-refractivity contribution >= 4 is 38.7 Å². The van der Waals surface area contributed by atoms with Crippen LogP contribution in [0.3, 0.4) is 0 Å². The van der Waals surface area contributed by atoms with E-state index < -0.39 is 10.0 Å². The minimum absolute atomic E-state index is 0.274. The van der Waals surface area contributed by atoms with Gasteiger partial charge in [-0.05, 0) is 78.9 Å². The third kappa shape index (κ3) is 5.02. The summed E-state index contributed by atoms with van der Waals surface area (Å²) in [6.45, 7) is 0. The Morgan fingerprint density at radius 2 is 1.74 bits per heavy atom. The van der Waals surface area contributed by atoms with Crippen LogP contribution in [0, 0.1) is 0 Å². The molecule has 5 rings (SSSR count). The molecule has 2 aromatic heterocycles. The van der Waals surface area contributed by atoms with Gasteiger partial charge in [-0.25, -0.2) is 8.42 Å². The van der Waals surface area contributed by atoms with Crippen molar-refractivity contribution in [3.63, 3.8) is 0 Å². The number of methoxy groups -OCH3 is 2. The molecule has 4 aromatic rings. The van der Waals surface area contributed by atoms with E-state index in [0.29, 0.717) is 22.2 Å². The van der Waals surface area contributed by atoms with E-state index in [1.807, 2.05) is 71.8 Å². The molecule has 3 heterocycles. The molecule has 1 aliphatic heterocycles. The number of benzene rings is 2. The molecule has 196 valence electrons. The van der Waals surface area contributed by atoms with Gasteiger partial charge in [0.15, 0.2) is 5.11 Å². The molecule has 38 heavy (non-hydrogen) atoms. The molecule has 0 radical (unpaired) electrons. The van der Waals surface area contributed by atoms with E-state index in [4.69, 9.17) is 21.7 Å². The number of anilines is 2.